The molecule has 4 aromatic rings. The fraction of sp³-hybridized carbons (Fsp3) is 0.348. The summed E-state index contributed by atoms with van der Waals surface area (Å²) in [5.41, 5.74) is 4.10. The van der Waals surface area contributed by atoms with Crippen molar-refractivity contribution >= 4 is 28.2 Å². The van der Waals surface area contributed by atoms with Crippen molar-refractivity contribution in [2.75, 3.05) is 7.11 Å². The predicted octanol–water partition coefficient (Wildman–Crippen LogP) is 5.02. The summed E-state index contributed by atoms with van der Waals surface area (Å²) in [6, 6.07) is 9.85. The van der Waals surface area contributed by atoms with Crippen LogP contribution in [0.2, 0.25) is 5.02 Å². The minimum atomic E-state index is 0.00522. The number of pyridine rings is 1. The number of hydrogen-bond donors (Lipinski definition) is 0. The molecule has 7 heteroatoms. The molecule has 6 nitrogen and oxygen atoms in total. The maximum absolute atomic E-state index is 13.2. The molecule has 30 heavy (non-hydrogen) atoms. The second kappa shape index (κ2) is 7.85. The van der Waals surface area contributed by atoms with E-state index in [1.54, 1.807) is 17.8 Å². The fourth-order valence-electron chi connectivity index (χ4n) is 4.53. The van der Waals surface area contributed by atoms with Gasteiger partial charge >= 0.3 is 0 Å². The van der Waals surface area contributed by atoms with E-state index in [2.05, 4.69) is 4.98 Å². The normalized spacial score (nSPS) is 15.3. The molecule has 0 N–H and O–H groups in total. The molecule has 1 aromatic carbocycles. The lowest BCUT2D eigenvalue weighted by Crippen LogP contribution is -2.26. The highest BCUT2D eigenvalue weighted by Crippen LogP contribution is 2.31. The molecule has 1 aliphatic rings. The predicted molar refractivity (Wildman–Crippen MR) is 118 cm³/mol. The Bertz CT molecular complexity index is 1270. The van der Waals surface area contributed by atoms with E-state index in [-0.39, 0.29) is 11.6 Å². The highest BCUT2D eigenvalue weighted by atomic mass is 35.5. The van der Waals surface area contributed by atoms with Gasteiger partial charge in [-0.3, -0.25) is 4.79 Å². The number of ether oxygens (including phenoxy) is 1. The van der Waals surface area contributed by atoms with E-state index in [4.69, 9.17) is 21.4 Å². The molecular weight excluding hydrogens is 400 g/mol. The van der Waals surface area contributed by atoms with Gasteiger partial charge < -0.3 is 9.30 Å². The summed E-state index contributed by atoms with van der Waals surface area (Å²) in [4.78, 5) is 17.9. The van der Waals surface area contributed by atoms with Crippen LogP contribution >= 0.6 is 11.6 Å². The Morgan fingerprint density at radius 3 is 2.63 bits per heavy atom. The molecule has 1 fully saturated rings. The summed E-state index contributed by atoms with van der Waals surface area (Å²) in [5.74, 6) is 0. The molecule has 0 unspecified atom stereocenters. The Morgan fingerprint density at radius 1 is 1.13 bits per heavy atom. The number of halogens is 1. The molecule has 0 bridgehead atoms. The lowest BCUT2D eigenvalue weighted by atomic mass is 9.95. The zero-order valence-electron chi connectivity index (χ0n) is 16.8. The van der Waals surface area contributed by atoms with Crippen molar-refractivity contribution in [2.45, 2.75) is 44.8 Å². The Balaban J connectivity index is 1.72. The van der Waals surface area contributed by atoms with Crippen molar-refractivity contribution in [3.05, 3.63) is 63.8 Å². The van der Waals surface area contributed by atoms with Gasteiger partial charge in [-0.2, -0.15) is 5.10 Å². The van der Waals surface area contributed by atoms with Gasteiger partial charge in [-0.25, -0.2) is 9.50 Å². The number of rotatable bonds is 4. The van der Waals surface area contributed by atoms with Gasteiger partial charge in [-0.05, 0) is 36.6 Å². The lowest BCUT2D eigenvalue weighted by Gasteiger charge is -2.24. The molecule has 0 atom stereocenters. The molecule has 1 aliphatic carbocycles. The first-order chi connectivity index (χ1) is 14.7. The van der Waals surface area contributed by atoms with Gasteiger partial charge in [0.25, 0.3) is 5.56 Å². The van der Waals surface area contributed by atoms with Crippen molar-refractivity contribution in [2.24, 2.45) is 0 Å². The third-order valence-electron chi connectivity index (χ3n) is 5.99. The zero-order chi connectivity index (χ0) is 20.7. The smallest absolute Gasteiger partial charge is 0.261 e. The molecule has 0 spiro atoms. The quantitative estimate of drug-likeness (QED) is 0.463. The van der Waals surface area contributed by atoms with Crippen LogP contribution < -0.4 is 5.56 Å². The summed E-state index contributed by atoms with van der Waals surface area (Å²) in [6.45, 7) is 0.349. The van der Waals surface area contributed by atoms with Crippen LogP contribution in [0.15, 0.2) is 47.5 Å². The minimum Gasteiger partial charge on any atom is -0.378 e. The third-order valence-corrected chi connectivity index (χ3v) is 6.25. The molecule has 5 rings (SSSR count). The van der Waals surface area contributed by atoms with Gasteiger partial charge in [0.1, 0.15) is 0 Å². The molecule has 0 amide bonds. The van der Waals surface area contributed by atoms with Crippen molar-refractivity contribution < 1.29 is 4.74 Å². The second-order valence-corrected chi connectivity index (χ2v) is 8.31. The van der Waals surface area contributed by atoms with Gasteiger partial charge in [0.15, 0.2) is 5.65 Å². The molecular formula is C23H23ClN4O2. The third kappa shape index (κ3) is 3.20. The first-order valence-corrected chi connectivity index (χ1v) is 10.7. The number of benzene rings is 1. The first-order valence-electron chi connectivity index (χ1n) is 10.3. The maximum atomic E-state index is 13.2. The van der Waals surface area contributed by atoms with Crippen molar-refractivity contribution in [3.8, 4) is 11.1 Å². The van der Waals surface area contributed by atoms with E-state index in [1.165, 1.54) is 19.3 Å². The van der Waals surface area contributed by atoms with Crippen LogP contribution in [0.25, 0.3) is 27.7 Å². The van der Waals surface area contributed by atoms with E-state index in [0.29, 0.717) is 22.7 Å². The van der Waals surface area contributed by atoms with Gasteiger partial charge in [0.05, 0.1) is 28.8 Å². The van der Waals surface area contributed by atoms with Crippen LogP contribution in [0.1, 0.15) is 43.8 Å². The lowest BCUT2D eigenvalue weighted by molar-refractivity contribution is 0.181. The summed E-state index contributed by atoms with van der Waals surface area (Å²) < 4.78 is 9.03. The Hall–Kier alpha value is -2.70. The molecule has 0 radical (unpaired) electrons. The van der Waals surface area contributed by atoms with Crippen LogP contribution in [0, 0.1) is 0 Å². The summed E-state index contributed by atoms with van der Waals surface area (Å²) in [6.07, 6.45) is 9.32. The Kier molecular flexibility index (Phi) is 5.05. The van der Waals surface area contributed by atoms with Crippen LogP contribution in [0.4, 0.5) is 0 Å². The largest absolute Gasteiger partial charge is 0.378 e. The van der Waals surface area contributed by atoms with Gasteiger partial charge in [0.2, 0.25) is 0 Å². The topological polar surface area (TPSA) is 61.4 Å². The van der Waals surface area contributed by atoms with Crippen LogP contribution in [0.5, 0.6) is 0 Å². The second-order valence-electron chi connectivity index (χ2n) is 7.87. The van der Waals surface area contributed by atoms with E-state index in [1.807, 2.05) is 41.1 Å². The van der Waals surface area contributed by atoms with Crippen LogP contribution in [-0.2, 0) is 11.3 Å². The van der Waals surface area contributed by atoms with Crippen LogP contribution in [0.3, 0.4) is 0 Å². The summed E-state index contributed by atoms with van der Waals surface area (Å²) >= 11 is 6.07. The van der Waals surface area contributed by atoms with Crippen molar-refractivity contribution in [1.29, 1.82) is 0 Å². The molecule has 1 saturated carbocycles. The number of hydrogen-bond acceptors (Lipinski definition) is 4. The monoisotopic (exact) mass is 422 g/mol. The first kappa shape index (κ1) is 19.3. The van der Waals surface area contributed by atoms with Crippen LogP contribution in [-0.4, -0.2) is 26.3 Å². The van der Waals surface area contributed by atoms with E-state index >= 15 is 0 Å². The van der Waals surface area contributed by atoms with Crippen molar-refractivity contribution in [1.82, 2.24) is 19.2 Å². The number of fused-ring (bicyclic) bond motifs is 3. The molecule has 0 aliphatic heterocycles. The maximum Gasteiger partial charge on any atom is 0.261 e. The minimum absolute atomic E-state index is 0.00522. The van der Waals surface area contributed by atoms with E-state index < -0.39 is 0 Å². The molecule has 154 valence electrons. The number of methoxy groups -OCH3 is 1. The SMILES string of the molecule is COCc1nn2c(ncc3c(=O)n(C4CCCCC4)ccc32)c1-c1ccc(Cl)cc1. The molecule has 0 saturated heterocycles. The highest BCUT2D eigenvalue weighted by molar-refractivity contribution is 6.30. The van der Waals surface area contributed by atoms with E-state index in [0.717, 1.165) is 35.2 Å². The Labute approximate surface area is 179 Å². The molecule has 3 heterocycles. The fourth-order valence-corrected chi connectivity index (χ4v) is 4.65. The Morgan fingerprint density at radius 2 is 1.90 bits per heavy atom. The average Bonchev–Trinajstić information content (AvgIpc) is 3.14. The number of aromatic nitrogens is 4. The number of nitrogens with zero attached hydrogens (tertiary/aromatic N) is 4. The van der Waals surface area contributed by atoms with Gasteiger partial charge in [-0.1, -0.05) is 43.0 Å². The standard InChI is InChI=1S/C23H23ClN4O2/c1-30-14-19-21(15-7-9-16(24)10-8-15)22-25-13-18-20(28(22)26-19)11-12-27(23(18)29)17-5-3-2-4-6-17/h7-13,17H,2-6,14H2,1H3. The van der Waals surface area contributed by atoms with Gasteiger partial charge in [0, 0.05) is 30.6 Å². The van der Waals surface area contributed by atoms with Gasteiger partial charge in [-0.15, -0.1) is 0 Å². The summed E-state index contributed by atoms with van der Waals surface area (Å²) in [5, 5.41) is 6.02. The van der Waals surface area contributed by atoms with Crippen molar-refractivity contribution in [3.63, 3.8) is 0 Å². The average molecular weight is 423 g/mol. The molecule has 3 aromatic heterocycles. The summed E-state index contributed by atoms with van der Waals surface area (Å²) in [7, 11) is 1.64. The highest BCUT2D eigenvalue weighted by Gasteiger charge is 2.21. The van der Waals surface area contributed by atoms with E-state index in [9.17, 15) is 4.79 Å². The zero-order valence-corrected chi connectivity index (χ0v) is 17.6.